The average Bonchev–Trinajstić information content (AvgIpc) is 2.65. The van der Waals surface area contributed by atoms with Crippen molar-refractivity contribution in [1.29, 1.82) is 0 Å². The molecular weight excluding hydrogens is 404 g/mol. The molecule has 0 bridgehead atoms. The molecule has 0 aliphatic carbocycles. The quantitative estimate of drug-likeness (QED) is 0.453. The maximum Gasteiger partial charge on any atom is 0.262 e. The van der Waals surface area contributed by atoms with Crippen LogP contribution in [0.5, 0.6) is 11.5 Å². The lowest BCUT2D eigenvalue weighted by atomic mass is 10.3. The summed E-state index contributed by atoms with van der Waals surface area (Å²) < 4.78 is 54.7. The molecule has 4 N–H and O–H groups in total. The number of rotatable bonds is 6. The van der Waals surface area contributed by atoms with Gasteiger partial charge in [-0.1, -0.05) is 30.3 Å². The number of sulfonamides is 2. The fourth-order valence-electron chi connectivity index (χ4n) is 2.34. The van der Waals surface area contributed by atoms with E-state index in [1.54, 1.807) is 0 Å². The lowest BCUT2D eigenvalue weighted by molar-refractivity contribution is 0.477. The largest absolute Gasteiger partial charge is 0.506 e. The second-order valence-corrected chi connectivity index (χ2v) is 9.08. The summed E-state index contributed by atoms with van der Waals surface area (Å²) in [5.74, 6) is -0.535. The number of phenolic OH excluding ortho intramolecular Hbond substituents is 2. The molecule has 0 saturated carbocycles. The average molecular weight is 420 g/mol. The Balaban J connectivity index is 1.93. The zero-order valence-corrected chi connectivity index (χ0v) is 15.9. The van der Waals surface area contributed by atoms with Crippen molar-refractivity contribution in [2.45, 2.75) is 9.79 Å². The van der Waals surface area contributed by atoms with Crippen molar-refractivity contribution in [2.24, 2.45) is 0 Å². The van der Waals surface area contributed by atoms with Gasteiger partial charge in [0, 0.05) is 0 Å². The lowest BCUT2D eigenvalue weighted by Crippen LogP contribution is -2.16. The van der Waals surface area contributed by atoms with Crippen molar-refractivity contribution in [3.8, 4) is 11.5 Å². The van der Waals surface area contributed by atoms with Crippen LogP contribution in [0.2, 0.25) is 0 Å². The molecule has 3 rings (SSSR count). The predicted octanol–water partition coefficient (Wildman–Crippen LogP) is 2.70. The first-order chi connectivity index (χ1) is 13.2. The third-order valence-corrected chi connectivity index (χ3v) is 6.45. The van der Waals surface area contributed by atoms with Crippen LogP contribution >= 0.6 is 0 Å². The summed E-state index contributed by atoms with van der Waals surface area (Å²) >= 11 is 0. The Labute approximate surface area is 162 Å². The third kappa shape index (κ3) is 4.18. The van der Waals surface area contributed by atoms with Crippen molar-refractivity contribution in [2.75, 3.05) is 9.44 Å². The van der Waals surface area contributed by atoms with Crippen LogP contribution < -0.4 is 9.44 Å². The van der Waals surface area contributed by atoms with Crippen molar-refractivity contribution < 1.29 is 27.0 Å². The van der Waals surface area contributed by atoms with Crippen LogP contribution in [-0.4, -0.2) is 27.0 Å². The minimum atomic E-state index is -4.15. The molecule has 0 aromatic heterocycles. The van der Waals surface area contributed by atoms with Gasteiger partial charge in [0.2, 0.25) is 0 Å². The highest BCUT2D eigenvalue weighted by molar-refractivity contribution is 7.93. The van der Waals surface area contributed by atoms with Crippen LogP contribution in [0.15, 0.2) is 82.6 Å². The van der Waals surface area contributed by atoms with Crippen LogP contribution in [0.3, 0.4) is 0 Å². The van der Waals surface area contributed by atoms with Crippen LogP contribution in [0.25, 0.3) is 0 Å². The van der Waals surface area contributed by atoms with E-state index in [0.29, 0.717) is 0 Å². The third-order valence-electron chi connectivity index (χ3n) is 3.72. The van der Waals surface area contributed by atoms with E-state index in [0.717, 1.165) is 6.07 Å². The highest BCUT2D eigenvalue weighted by atomic mass is 32.2. The molecule has 8 nitrogen and oxygen atoms in total. The summed E-state index contributed by atoms with van der Waals surface area (Å²) in [7, 11) is -8.30. The summed E-state index contributed by atoms with van der Waals surface area (Å²) in [6, 6.07) is 16.2. The van der Waals surface area contributed by atoms with E-state index in [9.17, 15) is 27.0 Å². The molecule has 146 valence electrons. The van der Waals surface area contributed by atoms with Crippen molar-refractivity contribution in [3.05, 3.63) is 72.8 Å². The Hall–Kier alpha value is -3.24. The molecule has 0 amide bonds. The number of aromatic hydroxyl groups is 2. The summed E-state index contributed by atoms with van der Waals surface area (Å²) in [4.78, 5) is -0.619. The standard InChI is InChI=1S/C18H16N2O6S2/c21-17-10-3-1-8-15(17)19-27(23,24)13-6-5-7-14(12-13)28(25,26)20-16-9-2-4-11-18(16)22/h1-12,19-22H. The van der Waals surface area contributed by atoms with Gasteiger partial charge < -0.3 is 10.2 Å². The number of anilines is 2. The van der Waals surface area contributed by atoms with Crippen LogP contribution in [0.1, 0.15) is 0 Å². The van der Waals surface area contributed by atoms with Gasteiger partial charge in [-0.2, -0.15) is 0 Å². The van der Waals surface area contributed by atoms with Crippen molar-refractivity contribution in [1.82, 2.24) is 0 Å². The van der Waals surface area contributed by atoms with E-state index in [1.165, 1.54) is 66.7 Å². The summed E-state index contributed by atoms with van der Waals surface area (Å²) in [6.07, 6.45) is 0. The first-order valence-electron chi connectivity index (χ1n) is 7.91. The normalized spacial score (nSPS) is 11.7. The first-order valence-corrected chi connectivity index (χ1v) is 10.9. The van der Waals surface area contributed by atoms with Crippen molar-refractivity contribution in [3.63, 3.8) is 0 Å². The van der Waals surface area contributed by atoms with Crippen LogP contribution in [0.4, 0.5) is 11.4 Å². The molecule has 0 heterocycles. The van der Waals surface area contributed by atoms with Crippen LogP contribution in [-0.2, 0) is 20.0 Å². The highest BCUT2D eigenvalue weighted by Gasteiger charge is 2.21. The number of hydrogen-bond donors (Lipinski definition) is 4. The number of hydrogen-bond acceptors (Lipinski definition) is 6. The number of para-hydroxylation sites is 4. The van der Waals surface area contributed by atoms with Gasteiger partial charge in [0.25, 0.3) is 20.0 Å². The molecule has 0 aliphatic heterocycles. The Morgan fingerprint density at radius 2 is 0.964 bits per heavy atom. The Kier molecular flexibility index (Phi) is 5.16. The summed E-state index contributed by atoms with van der Waals surface area (Å²) in [5, 5.41) is 19.5. The Morgan fingerprint density at radius 1 is 0.571 bits per heavy atom. The minimum absolute atomic E-state index is 0.0388. The number of phenols is 2. The van der Waals surface area contributed by atoms with Crippen molar-refractivity contribution >= 4 is 31.4 Å². The van der Waals surface area contributed by atoms with E-state index in [-0.39, 0.29) is 32.7 Å². The van der Waals surface area contributed by atoms with Gasteiger partial charge in [-0.05, 0) is 42.5 Å². The fraction of sp³-hybridized carbons (Fsp3) is 0. The summed E-state index contributed by atoms with van der Waals surface area (Å²) in [5.41, 5.74) is -0.0776. The second kappa shape index (κ2) is 7.41. The number of nitrogens with one attached hydrogen (secondary N) is 2. The molecule has 0 fully saturated rings. The first kappa shape index (κ1) is 19.5. The molecule has 3 aromatic carbocycles. The smallest absolute Gasteiger partial charge is 0.262 e. The zero-order valence-electron chi connectivity index (χ0n) is 14.3. The van der Waals surface area contributed by atoms with E-state index < -0.39 is 20.0 Å². The monoisotopic (exact) mass is 420 g/mol. The molecule has 0 atom stereocenters. The minimum Gasteiger partial charge on any atom is -0.506 e. The van der Waals surface area contributed by atoms with E-state index in [2.05, 4.69) is 9.44 Å². The fourth-order valence-corrected chi connectivity index (χ4v) is 4.65. The Morgan fingerprint density at radius 3 is 1.36 bits per heavy atom. The molecule has 0 saturated heterocycles. The molecule has 28 heavy (non-hydrogen) atoms. The van der Waals surface area contributed by atoms with Gasteiger partial charge in [0.05, 0.1) is 21.2 Å². The SMILES string of the molecule is O=S(=O)(Nc1ccccc1O)c1cccc(S(=O)(=O)Nc2ccccc2O)c1. The molecule has 0 aliphatic rings. The van der Waals surface area contributed by atoms with E-state index >= 15 is 0 Å². The topological polar surface area (TPSA) is 133 Å². The van der Waals surface area contributed by atoms with Gasteiger partial charge in [-0.25, -0.2) is 16.8 Å². The van der Waals surface area contributed by atoms with Gasteiger partial charge in [0.1, 0.15) is 11.5 Å². The molecular formula is C18H16N2O6S2. The molecule has 3 aromatic rings. The zero-order chi connectivity index (χ0) is 20.4. The highest BCUT2D eigenvalue weighted by Crippen LogP contribution is 2.28. The maximum atomic E-state index is 12.6. The molecule has 0 spiro atoms. The van der Waals surface area contributed by atoms with Gasteiger partial charge in [-0.3, -0.25) is 9.44 Å². The Bertz CT molecular complexity index is 1130. The lowest BCUT2D eigenvalue weighted by Gasteiger charge is -2.12. The number of benzene rings is 3. The van der Waals surface area contributed by atoms with Gasteiger partial charge >= 0.3 is 0 Å². The molecule has 0 unspecified atom stereocenters. The van der Waals surface area contributed by atoms with E-state index in [4.69, 9.17) is 0 Å². The van der Waals surface area contributed by atoms with Gasteiger partial charge in [-0.15, -0.1) is 0 Å². The second-order valence-electron chi connectivity index (χ2n) is 5.72. The van der Waals surface area contributed by atoms with Crippen LogP contribution in [0, 0.1) is 0 Å². The maximum absolute atomic E-state index is 12.6. The summed E-state index contributed by atoms with van der Waals surface area (Å²) in [6.45, 7) is 0. The molecule has 10 heteroatoms. The van der Waals surface area contributed by atoms with E-state index in [1.807, 2.05) is 0 Å². The van der Waals surface area contributed by atoms with Gasteiger partial charge in [0.15, 0.2) is 0 Å². The molecule has 0 radical (unpaired) electrons. The predicted molar refractivity (Wildman–Crippen MR) is 104 cm³/mol.